The maximum atomic E-state index is 11.5. The van der Waals surface area contributed by atoms with Crippen LogP contribution in [-0.4, -0.2) is 45.5 Å². The molecule has 2 heterocycles. The average molecular weight is 330 g/mol. The van der Waals surface area contributed by atoms with E-state index in [0.29, 0.717) is 11.0 Å². The molecule has 5 rings (SSSR count). The number of carbonyl (C=O) groups is 2. The van der Waals surface area contributed by atoms with Crippen LogP contribution < -0.4 is 10.8 Å². The van der Waals surface area contributed by atoms with Gasteiger partial charge in [0.25, 0.3) is 5.91 Å². The zero-order chi connectivity index (χ0) is 16.9. The monoisotopic (exact) mass is 330 g/mol. The van der Waals surface area contributed by atoms with Gasteiger partial charge in [0.05, 0.1) is 5.56 Å². The number of carbonyl (C=O) groups excluding carboxylic acids is 2. The third kappa shape index (κ3) is 2.48. The van der Waals surface area contributed by atoms with Gasteiger partial charge in [-0.25, -0.2) is 5.48 Å². The number of pyridine rings is 1. The number of hydrogen-bond acceptors (Lipinski definition) is 5. The number of fused-ring (bicyclic) bond motifs is 1. The van der Waals surface area contributed by atoms with E-state index in [0.717, 1.165) is 56.6 Å². The molecule has 0 atom stereocenters. The van der Waals surface area contributed by atoms with Crippen molar-refractivity contribution in [2.75, 3.05) is 13.1 Å². The Labute approximate surface area is 140 Å². The summed E-state index contributed by atoms with van der Waals surface area (Å²) in [4.78, 5) is 29.6. The van der Waals surface area contributed by atoms with Crippen LogP contribution in [0.25, 0.3) is 0 Å². The molecule has 0 radical (unpaired) electrons. The Kier molecular flexibility index (Phi) is 3.40. The zero-order valence-electron chi connectivity index (χ0n) is 13.8. The summed E-state index contributed by atoms with van der Waals surface area (Å²) < 4.78 is 0. The quantitative estimate of drug-likeness (QED) is 0.556. The minimum atomic E-state index is -0.529. The molecule has 3 aliphatic carbocycles. The van der Waals surface area contributed by atoms with Crippen molar-refractivity contribution in [2.45, 2.75) is 44.7 Å². The smallest absolute Gasteiger partial charge is 0.276 e. The summed E-state index contributed by atoms with van der Waals surface area (Å²) >= 11 is 0. The molecular weight excluding hydrogens is 308 g/mol. The maximum Gasteiger partial charge on any atom is 0.276 e. The van der Waals surface area contributed by atoms with Crippen LogP contribution in [-0.2, 0) is 17.8 Å². The molecule has 0 aromatic carbocycles. The van der Waals surface area contributed by atoms with E-state index in [4.69, 9.17) is 5.21 Å². The lowest BCUT2D eigenvalue weighted by atomic mass is 9.39. The summed E-state index contributed by atoms with van der Waals surface area (Å²) in [5, 5.41) is 11.9. The number of nitrogens with zero attached hydrogens (tertiary/aromatic N) is 2. The molecule has 1 aromatic heterocycles. The van der Waals surface area contributed by atoms with E-state index in [1.54, 1.807) is 12.4 Å². The first kappa shape index (κ1) is 15.5. The molecule has 0 saturated heterocycles. The summed E-state index contributed by atoms with van der Waals surface area (Å²) in [5.74, 6) is -0.463. The highest BCUT2D eigenvalue weighted by molar-refractivity contribution is 5.93. The van der Waals surface area contributed by atoms with Crippen LogP contribution in [0.2, 0.25) is 0 Å². The van der Waals surface area contributed by atoms with Crippen molar-refractivity contribution in [1.29, 1.82) is 0 Å². The van der Waals surface area contributed by atoms with Crippen molar-refractivity contribution in [1.82, 2.24) is 20.7 Å². The molecule has 24 heavy (non-hydrogen) atoms. The van der Waals surface area contributed by atoms with E-state index in [1.807, 2.05) is 6.07 Å². The fraction of sp³-hybridized carbons (Fsp3) is 0.588. The second-order valence-corrected chi connectivity index (χ2v) is 7.72. The lowest BCUT2D eigenvalue weighted by molar-refractivity contribution is -0.174. The van der Waals surface area contributed by atoms with Gasteiger partial charge in [-0.15, -0.1) is 0 Å². The minimum absolute atomic E-state index is 0.0657. The van der Waals surface area contributed by atoms with Gasteiger partial charge in [-0.1, -0.05) is 0 Å². The van der Waals surface area contributed by atoms with Crippen molar-refractivity contribution in [3.63, 3.8) is 0 Å². The van der Waals surface area contributed by atoms with E-state index < -0.39 is 5.91 Å². The summed E-state index contributed by atoms with van der Waals surface area (Å²) in [7, 11) is 0. The van der Waals surface area contributed by atoms with E-state index >= 15 is 0 Å². The minimum Gasteiger partial charge on any atom is -0.351 e. The Bertz CT molecular complexity index is 698. The summed E-state index contributed by atoms with van der Waals surface area (Å²) in [6, 6.07) is 1.82. The molecule has 1 aromatic rings. The number of nitrogens with one attached hydrogen (secondary N) is 2. The fourth-order valence-corrected chi connectivity index (χ4v) is 4.95. The third-order valence-corrected chi connectivity index (χ3v) is 5.62. The highest BCUT2D eigenvalue weighted by Gasteiger charge is 2.68. The van der Waals surface area contributed by atoms with Crippen LogP contribution in [0.3, 0.4) is 0 Å². The van der Waals surface area contributed by atoms with Gasteiger partial charge in [0.15, 0.2) is 0 Å². The number of hydrogen-bond donors (Lipinski definition) is 3. The second kappa shape index (κ2) is 5.26. The van der Waals surface area contributed by atoms with Gasteiger partial charge in [-0.05, 0) is 36.3 Å². The van der Waals surface area contributed by atoms with Crippen molar-refractivity contribution in [2.24, 2.45) is 5.41 Å². The zero-order valence-corrected chi connectivity index (χ0v) is 13.8. The molecule has 7 heteroatoms. The highest BCUT2D eigenvalue weighted by atomic mass is 16.5. The Morgan fingerprint density at radius 2 is 2.12 bits per heavy atom. The standard InChI is InChI=1S/C17H22N4O3/c1-11(22)19-17-7-16(8-17,9-17)10-21-3-2-14-13(6-21)4-12(5-18-14)15(23)20-24/h4-5,24H,2-3,6-10H2,1H3,(H,19,22)(H,20,23). The van der Waals surface area contributed by atoms with Crippen molar-refractivity contribution >= 4 is 11.8 Å². The van der Waals surface area contributed by atoms with Crippen LogP contribution in [0.5, 0.6) is 0 Å². The average Bonchev–Trinajstić information content (AvgIpc) is 2.49. The van der Waals surface area contributed by atoms with E-state index in [-0.39, 0.29) is 11.4 Å². The molecule has 3 fully saturated rings. The molecule has 2 amide bonds. The van der Waals surface area contributed by atoms with Crippen LogP contribution in [0.1, 0.15) is 47.8 Å². The molecule has 7 nitrogen and oxygen atoms in total. The summed E-state index contributed by atoms with van der Waals surface area (Å²) in [6.45, 7) is 4.37. The first-order valence-electron chi connectivity index (χ1n) is 8.36. The predicted octanol–water partition coefficient (Wildman–Crippen LogP) is 0.617. The lowest BCUT2D eigenvalue weighted by Gasteiger charge is -2.71. The normalized spacial score (nSPS) is 30.6. The molecule has 3 saturated carbocycles. The Hall–Kier alpha value is -1.99. The molecule has 0 unspecified atom stereocenters. The van der Waals surface area contributed by atoms with Gasteiger partial charge in [0.2, 0.25) is 5.91 Å². The molecule has 3 N–H and O–H groups in total. The largest absolute Gasteiger partial charge is 0.351 e. The first-order chi connectivity index (χ1) is 11.4. The third-order valence-electron chi connectivity index (χ3n) is 5.62. The van der Waals surface area contributed by atoms with Crippen molar-refractivity contribution in [3.05, 3.63) is 29.1 Å². The van der Waals surface area contributed by atoms with Gasteiger partial charge in [0, 0.05) is 50.4 Å². The summed E-state index contributed by atoms with van der Waals surface area (Å²) in [5.41, 5.74) is 4.56. The molecule has 1 aliphatic heterocycles. The topological polar surface area (TPSA) is 94.6 Å². The van der Waals surface area contributed by atoms with E-state index in [9.17, 15) is 9.59 Å². The van der Waals surface area contributed by atoms with E-state index in [2.05, 4.69) is 15.2 Å². The Balaban J connectivity index is 1.39. The Morgan fingerprint density at radius 1 is 1.38 bits per heavy atom. The number of amides is 2. The number of hydroxylamine groups is 1. The van der Waals surface area contributed by atoms with Gasteiger partial charge < -0.3 is 5.32 Å². The predicted molar refractivity (Wildman–Crippen MR) is 85.3 cm³/mol. The summed E-state index contributed by atoms with van der Waals surface area (Å²) in [6.07, 6.45) is 5.62. The number of aromatic nitrogens is 1. The van der Waals surface area contributed by atoms with Crippen molar-refractivity contribution in [3.8, 4) is 0 Å². The number of rotatable bonds is 4. The van der Waals surface area contributed by atoms with Crippen LogP contribution in [0, 0.1) is 5.41 Å². The molecule has 128 valence electrons. The van der Waals surface area contributed by atoms with Crippen LogP contribution in [0.15, 0.2) is 12.3 Å². The van der Waals surface area contributed by atoms with Crippen molar-refractivity contribution < 1.29 is 14.8 Å². The highest BCUT2D eigenvalue weighted by Crippen LogP contribution is 2.67. The van der Waals surface area contributed by atoms with Gasteiger partial charge in [-0.2, -0.15) is 0 Å². The molecular formula is C17H22N4O3. The SMILES string of the molecule is CC(=O)NC12CC(CN3CCc4ncc(C(=O)NO)cc4C3)(C1)C2. The van der Waals surface area contributed by atoms with Crippen LogP contribution >= 0.6 is 0 Å². The lowest BCUT2D eigenvalue weighted by Crippen LogP contribution is -2.76. The first-order valence-corrected chi connectivity index (χ1v) is 8.36. The van der Waals surface area contributed by atoms with Gasteiger partial charge >= 0.3 is 0 Å². The molecule has 2 bridgehead atoms. The fourth-order valence-electron chi connectivity index (χ4n) is 4.95. The van der Waals surface area contributed by atoms with Gasteiger partial charge in [0.1, 0.15) is 0 Å². The van der Waals surface area contributed by atoms with Gasteiger partial charge in [-0.3, -0.25) is 24.7 Å². The molecule has 0 spiro atoms. The second-order valence-electron chi connectivity index (χ2n) is 7.72. The van der Waals surface area contributed by atoms with Crippen LogP contribution in [0.4, 0.5) is 0 Å². The maximum absolute atomic E-state index is 11.5. The van der Waals surface area contributed by atoms with E-state index in [1.165, 1.54) is 6.20 Å². The molecule has 4 aliphatic rings. The Morgan fingerprint density at radius 3 is 2.79 bits per heavy atom.